The predicted octanol–water partition coefficient (Wildman–Crippen LogP) is 2.11. The van der Waals surface area contributed by atoms with Crippen molar-refractivity contribution in [1.82, 2.24) is 14.1 Å². The fourth-order valence-electron chi connectivity index (χ4n) is 2.05. The highest BCUT2D eigenvalue weighted by molar-refractivity contribution is 7.89. The van der Waals surface area contributed by atoms with E-state index in [1.165, 1.54) is 20.0 Å². The first-order valence-corrected chi connectivity index (χ1v) is 8.33. The summed E-state index contributed by atoms with van der Waals surface area (Å²) in [5.74, 6) is 0. The van der Waals surface area contributed by atoms with Gasteiger partial charge < -0.3 is 0 Å². The van der Waals surface area contributed by atoms with E-state index >= 15 is 0 Å². The maximum Gasteiger partial charge on any atom is 0.275 e. The zero-order valence-electron chi connectivity index (χ0n) is 12.7. The highest BCUT2D eigenvalue weighted by Gasteiger charge is 2.26. The van der Waals surface area contributed by atoms with Gasteiger partial charge in [-0.2, -0.15) is 9.40 Å². The average molecular weight is 359 g/mol. The summed E-state index contributed by atoms with van der Waals surface area (Å²) in [6, 6.07) is 2.25. The number of nitro groups is 1. The molecule has 0 aliphatic heterocycles. The van der Waals surface area contributed by atoms with E-state index in [4.69, 9.17) is 11.6 Å². The van der Waals surface area contributed by atoms with Gasteiger partial charge in [0.25, 0.3) is 5.69 Å². The molecule has 0 bridgehead atoms. The lowest BCUT2D eigenvalue weighted by molar-refractivity contribution is -0.385. The van der Waals surface area contributed by atoms with Crippen LogP contribution in [0.1, 0.15) is 11.1 Å². The van der Waals surface area contributed by atoms with Gasteiger partial charge in [0.1, 0.15) is 0 Å². The molecule has 0 fully saturated rings. The molecule has 0 aliphatic rings. The van der Waals surface area contributed by atoms with E-state index in [0.29, 0.717) is 5.56 Å². The summed E-state index contributed by atoms with van der Waals surface area (Å²) in [5.41, 5.74) is 0.600. The molecular weight excluding hydrogens is 344 g/mol. The molecule has 0 aliphatic carbocycles. The number of nitro benzene ring substituents is 1. The van der Waals surface area contributed by atoms with Gasteiger partial charge in [0.2, 0.25) is 10.0 Å². The predicted molar refractivity (Wildman–Crippen MR) is 84.7 cm³/mol. The summed E-state index contributed by atoms with van der Waals surface area (Å²) in [7, 11) is -0.802. The lowest BCUT2D eigenvalue weighted by atomic mass is 10.2. The molecule has 124 valence electrons. The molecule has 23 heavy (non-hydrogen) atoms. The van der Waals surface area contributed by atoms with Crippen molar-refractivity contribution in [2.45, 2.75) is 18.4 Å². The van der Waals surface area contributed by atoms with Gasteiger partial charge in [-0.25, -0.2) is 8.42 Å². The Bertz CT molecular complexity index is 863. The summed E-state index contributed by atoms with van der Waals surface area (Å²) in [6.07, 6.45) is 3.24. The summed E-state index contributed by atoms with van der Waals surface area (Å²) in [6.45, 7) is 1.56. The molecular formula is C13H15ClN4O4S. The first-order valence-electron chi connectivity index (χ1n) is 6.51. The van der Waals surface area contributed by atoms with Crippen LogP contribution < -0.4 is 0 Å². The molecule has 0 saturated carbocycles. The molecule has 8 nitrogen and oxygen atoms in total. The maximum atomic E-state index is 12.6. The Labute approximate surface area is 138 Å². The van der Waals surface area contributed by atoms with Gasteiger partial charge in [-0.15, -0.1) is 0 Å². The Morgan fingerprint density at radius 2 is 2.09 bits per heavy atom. The van der Waals surface area contributed by atoms with Crippen LogP contribution in [0.3, 0.4) is 0 Å². The van der Waals surface area contributed by atoms with Crippen LogP contribution in [0.25, 0.3) is 0 Å². The van der Waals surface area contributed by atoms with Crippen molar-refractivity contribution in [3.05, 3.63) is 50.8 Å². The molecule has 0 saturated heterocycles. The molecule has 0 unspecified atom stereocenters. The van der Waals surface area contributed by atoms with Crippen LogP contribution >= 0.6 is 11.6 Å². The van der Waals surface area contributed by atoms with Gasteiger partial charge >= 0.3 is 0 Å². The molecule has 1 aromatic carbocycles. The molecule has 2 rings (SSSR count). The molecule has 0 amide bonds. The van der Waals surface area contributed by atoms with E-state index in [0.717, 1.165) is 10.4 Å². The van der Waals surface area contributed by atoms with Crippen molar-refractivity contribution in [3.8, 4) is 0 Å². The van der Waals surface area contributed by atoms with Gasteiger partial charge in [0.05, 0.1) is 21.0 Å². The SMILES string of the molecule is Cc1c(Cl)cc(S(=O)(=O)N(C)Cc2cnn(C)c2)cc1[N+](=O)[O-]. The highest BCUT2D eigenvalue weighted by Crippen LogP contribution is 2.30. The van der Waals surface area contributed by atoms with E-state index in [1.807, 2.05) is 0 Å². The minimum atomic E-state index is -3.92. The third-order valence-electron chi connectivity index (χ3n) is 3.36. The highest BCUT2D eigenvalue weighted by atomic mass is 35.5. The van der Waals surface area contributed by atoms with E-state index in [1.54, 1.807) is 24.1 Å². The van der Waals surface area contributed by atoms with Crippen molar-refractivity contribution in [2.24, 2.45) is 7.05 Å². The van der Waals surface area contributed by atoms with E-state index in [-0.39, 0.29) is 27.7 Å². The molecule has 0 N–H and O–H groups in total. The van der Waals surface area contributed by atoms with Crippen LogP contribution in [0.4, 0.5) is 5.69 Å². The Morgan fingerprint density at radius 3 is 2.61 bits per heavy atom. The number of benzene rings is 1. The maximum absolute atomic E-state index is 12.6. The number of nitrogens with zero attached hydrogens (tertiary/aromatic N) is 4. The Kier molecular flexibility index (Phi) is 4.73. The summed E-state index contributed by atoms with van der Waals surface area (Å²) in [5, 5.41) is 15.1. The Morgan fingerprint density at radius 1 is 1.43 bits per heavy atom. The smallest absolute Gasteiger partial charge is 0.275 e. The zero-order chi connectivity index (χ0) is 17.4. The molecule has 0 atom stereocenters. The summed E-state index contributed by atoms with van der Waals surface area (Å²) < 4.78 is 27.8. The number of sulfonamides is 1. The number of rotatable bonds is 5. The second kappa shape index (κ2) is 6.26. The standard InChI is InChI=1S/C13H15ClN4O4S/c1-9-12(14)4-11(5-13(9)18(19)20)23(21,22)17(3)8-10-6-15-16(2)7-10/h4-7H,8H2,1-3H3. The van der Waals surface area contributed by atoms with Crippen molar-refractivity contribution < 1.29 is 13.3 Å². The first kappa shape index (κ1) is 17.4. The molecule has 2 aromatic rings. The van der Waals surface area contributed by atoms with Crippen LogP contribution in [0.15, 0.2) is 29.4 Å². The number of hydrogen-bond acceptors (Lipinski definition) is 5. The molecule has 0 radical (unpaired) electrons. The minimum absolute atomic E-state index is 0.0348. The van der Waals surface area contributed by atoms with Crippen molar-refractivity contribution in [1.29, 1.82) is 0 Å². The average Bonchev–Trinajstić information content (AvgIpc) is 2.86. The largest absolute Gasteiger partial charge is 0.275 e. The fourth-order valence-corrected chi connectivity index (χ4v) is 3.54. The van der Waals surface area contributed by atoms with E-state index in [9.17, 15) is 18.5 Å². The van der Waals surface area contributed by atoms with Gasteiger partial charge in [0, 0.05) is 44.0 Å². The molecule has 10 heteroatoms. The number of aromatic nitrogens is 2. The zero-order valence-corrected chi connectivity index (χ0v) is 14.3. The van der Waals surface area contributed by atoms with E-state index < -0.39 is 14.9 Å². The van der Waals surface area contributed by atoms with Gasteiger partial charge in [-0.1, -0.05) is 11.6 Å². The summed E-state index contributed by atoms with van der Waals surface area (Å²) in [4.78, 5) is 10.2. The lowest BCUT2D eigenvalue weighted by Crippen LogP contribution is -2.26. The second-order valence-corrected chi connectivity index (χ2v) is 7.54. The van der Waals surface area contributed by atoms with Crippen LogP contribution in [-0.2, 0) is 23.6 Å². The van der Waals surface area contributed by atoms with Gasteiger partial charge in [0.15, 0.2) is 0 Å². The van der Waals surface area contributed by atoms with Gasteiger partial charge in [-0.05, 0) is 13.0 Å². The van der Waals surface area contributed by atoms with E-state index in [2.05, 4.69) is 5.10 Å². The number of halogens is 1. The Hall–Kier alpha value is -1.97. The number of hydrogen-bond donors (Lipinski definition) is 0. The minimum Gasteiger partial charge on any atom is -0.275 e. The number of aryl methyl sites for hydroxylation is 1. The van der Waals surface area contributed by atoms with Crippen molar-refractivity contribution in [2.75, 3.05) is 7.05 Å². The lowest BCUT2D eigenvalue weighted by Gasteiger charge is -2.17. The van der Waals surface area contributed by atoms with Gasteiger partial charge in [-0.3, -0.25) is 14.8 Å². The topological polar surface area (TPSA) is 98.3 Å². The quantitative estimate of drug-likeness (QED) is 0.602. The Balaban J connectivity index is 2.41. The van der Waals surface area contributed by atoms with Crippen molar-refractivity contribution in [3.63, 3.8) is 0 Å². The molecule has 1 aromatic heterocycles. The molecule has 1 heterocycles. The van der Waals surface area contributed by atoms with Crippen molar-refractivity contribution >= 4 is 27.3 Å². The van der Waals surface area contributed by atoms with Crippen LogP contribution in [0.5, 0.6) is 0 Å². The first-order chi connectivity index (χ1) is 10.6. The second-order valence-electron chi connectivity index (χ2n) is 5.09. The van der Waals surface area contributed by atoms with Crippen LogP contribution in [0, 0.1) is 17.0 Å². The third-order valence-corrected chi connectivity index (χ3v) is 5.53. The fraction of sp³-hybridized carbons (Fsp3) is 0.308. The monoisotopic (exact) mass is 358 g/mol. The summed E-state index contributed by atoms with van der Waals surface area (Å²) >= 11 is 5.94. The van der Waals surface area contributed by atoms with Crippen LogP contribution in [0.2, 0.25) is 5.02 Å². The molecule has 0 spiro atoms. The van der Waals surface area contributed by atoms with Crippen LogP contribution in [-0.4, -0.2) is 34.5 Å². The normalized spacial score (nSPS) is 11.9. The third kappa shape index (κ3) is 3.52.